The molecule has 5 nitrogen and oxygen atoms in total. The number of amidine groups is 1. The summed E-state index contributed by atoms with van der Waals surface area (Å²) in [7, 11) is 0. The summed E-state index contributed by atoms with van der Waals surface area (Å²) in [5.74, 6) is -0.215. The van der Waals surface area contributed by atoms with Gasteiger partial charge < -0.3 is 15.6 Å². The number of rotatable bonds is 2. The van der Waals surface area contributed by atoms with Crippen LogP contribution in [0.15, 0.2) is 41.4 Å². The number of amides is 1. The van der Waals surface area contributed by atoms with Gasteiger partial charge in [0.2, 0.25) is 0 Å². The largest absolute Gasteiger partial charge is 0.357 e. The lowest BCUT2D eigenvalue weighted by atomic mass is 10.0. The zero-order valence-electron chi connectivity index (χ0n) is 16.4. The number of carbonyl (C=O) groups excluding carboxylic acids is 1. The molecule has 0 unspecified atom stereocenters. The van der Waals surface area contributed by atoms with Crippen molar-refractivity contribution in [1.29, 1.82) is 0 Å². The Kier molecular flexibility index (Phi) is 4.06. The summed E-state index contributed by atoms with van der Waals surface area (Å²) >= 11 is 0. The Balaban J connectivity index is 1.51. The molecule has 3 heterocycles. The summed E-state index contributed by atoms with van der Waals surface area (Å²) in [6.45, 7) is 3.81. The minimum atomic E-state index is -0.397. The van der Waals surface area contributed by atoms with E-state index in [1.807, 2.05) is 13.8 Å². The van der Waals surface area contributed by atoms with Crippen molar-refractivity contribution in [2.24, 2.45) is 4.99 Å². The first kappa shape index (κ1) is 18.3. The van der Waals surface area contributed by atoms with Crippen molar-refractivity contribution in [2.75, 3.05) is 10.6 Å². The Morgan fingerprint density at radius 3 is 2.53 bits per heavy atom. The van der Waals surface area contributed by atoms with Crippen LogP contribution in [0.5, 0.6) is 0 Å². The maximum absolute atomic E-state index is 13.7. The molecule has 0 fully saturated rings. The second-order valence-corrected chi connectivity index (χ2v) is 7.50. The Bertz CT molecular complexity index is 1290. The van der Waals surface area contributed by atoms with Gasteiger partial charge in [-0.05, 0) is 61.9 Å². The van der Waals surface area contributed by atoms with Gasteiger partial charge in [0.15, 0.2) is 0 Å². The van der Waals surface area contributed by atoms with Crippen LogP contribution in [0.25, 0.3) is 11.6 Å². The molecule has 3 N–H and O–H groups in total. The van der Waals surface area contributed by atoms with Gasteiger partial charge >= 0.3 is 0 Å². The van der Waals surface area contributed by atoms with Gasteiger partial charge in [0.1, 0.15) is 17.5 Å². The van der Waals surface area contributed by atoms with Gasteiger partial charge in [0.05, 0.1) is 11.3 Å². The fraction of sp³-hybridized carbons (Fsp3) is 0.130. The van der Waals surface area contributed by atoms with Gasteiger partial charge in [-0.1, -0.05) is 0 Å². The third kappa shape index (κ3) is 2.99. The van der Waals surface area contributed by atoms with Crippen LogP contribution in [0.1, 0.15) is 28.1 Å². The molecule has 1 aromatic heterocycles. The quantitative estimate of drug-likeness (QED) is 0.520. The molecule has 0 spiro atoms. The lowest BCUT2D eigenvalue weighted by Gasteiger charge is -2.01. The van der Waals surface area contributed by atoms with Crippen molar-refractivity contribution in [3.8, 4) is 0 Å². The number of anilines is 2. The SMILES string of the molecule is Cc1[nH]c(/C=C2\C(=O)Nc3ccc(F)cc32)c(C)c1N=C1Cc2cc(F)ccc2N1. The van der Waals surface area contributed by atoms with Gasteiger partial charge in [-0.25, -0.2) is 13.8 Å². The molecular formula is C23H18F2N4O. The van der Waals surface area contributed by atoms with Crippen LogP contribution < -0.4 is 10.6 Å². The Morgan fingerprint density at radius 2 is 1.73 bits per heavy atom. The number of benzene rings is 2. The van der Waals surface area contributed by atoms with Crippen molar-refractivity contribution in [1.82, 2.24) is 4.98 Å². The fourth-order valence-electron chi connectivity index (χ4n) is 3.94. The molecule has 150 valence electrons. The number of H-pyrrole nitrogens is 1. The molecule has 7 heteroatoms. The van der Waals surface area contributed by atoms with Crippen LogP contribution in [0, 0.1) is 25.5 Å². The molecule has 0 saturated heterocycles. The number of aromatic amines is 1. The van der Waals surface area contributed by atoms with Gasteiger partial charge in [0.25, 0.3) is 5.91 Å². The number of nitrogens with zero attached hydrogens (tertiary/aromatic N) is 1. The maximum Gasteiger partial charge on any atom is 0.256 e. The summed E-state index contributed by atoms with van der Waals surface area (Å²) in [5, 5.41) is 5.97. The number of hydrogen-bond donors (Lipinski definition) is 3. The number of halogens is 2. The first-order valence-electron chi connectivity index (χ1n) is 9.54. The van der Waals surface area contributed by atoms with E-state index in [1.54, 1.807) is 18.2 Å². The standard InChI is InChI=1S/C23H18F2N4O/c1-11-20(10-17-16-9-15(25)4-6-19(16)28-23(17)30)26-12(2)22(11)29-21-8-13-7-14(24)3-5-18(13)27-21/h3-7,9-10,26H,8H2,1-2H3,(H,27,29)(H,28,30)/b17-10-. The van der Waals surface area contributed by atoms with Crippen molar-refractivity contribution in [3.63, 3.8) is 0 Å². The van der Waals surface area contributed by atoms with E-state index in [0.717, 1.165) is 39.7 Å². The first-order chi connectivity index (χ1) is 14.4. The number of fused-ring (bicyclic) bond motifs is 2. The highest BCUT2D eigenvalue weighted by Gasteiger charge is 2.25. The molecule has 30 heavy (non-hydrogen) atoms. The van der Waals surface area contributed by atoms with Crippen LogP contribution in [-0.4, -0.2) is 16.7 Å². The van der Waals surface area contributed by atoms with E-state index in [2.05, 4.69) is 15.6 Å². The highest BCUT2D eigenvalue weighted by molar-refractivity contribution is 6.34. The lowest BCUT2D eigenvalue weighted by Crippen LogP contribution is -2.05. The van der Waals surface area contributed by atoms with Crippen molar-refractivity contribution in [2.45, 2.75) is 20.3 Å². The van der Waals surface area contributed by atoms with E-state index in [1.165, 1.54) is 24.3 Å². The number of carbonyl (C=O) groups is 1. The first-order valence-corrected chi connectivity index (χ1v) is 9.54. The van der Waals surface area contributed by atoms with Crippen LogP contribution in [0.4, 0.5) is 25.8 Å². The minimum Gasteiger partial charge on any atom is -0.357 e. The van der Waals surface area contributed by atoms with Crippen molar-refractivity contribution >= 4 is 40.5 Å². The van der Waals surface area contributed by atoms with Crippen LogP contribution in [0.3, 0.4) is 0 Å². The maximum atomic E-state index is 13.7. The van der Waals surface area contributed by atoms with Crippen molar-refractivity contribution in [3.05, 3.63) is 76.1 Å². The topological polar surface area (TPSA) is 69.3 Å². The molecule has 1 amide bonds. The van der Waals surface area contributed by atoms with E-state index < -0.39 is 5.82 Å². The van der Waals surface area contributed by atoms with Gasteiger partial charge in [-0.2, -0.15) is 0 Å². The monoisotopic (exact) mass is 404 g/mol. The summed E-state index contributed by atoms with van der Waals surface area (Å²) < 4.78 is 27.2. The number of aromatic nitrogens is 1. The number of aliphatic imine (C=N–C) groups is 1. The Labute approximate surface area is 171 Å². The summed E-state index contributed by atoms with van der Waals surface area (Å²) in [6.07, 6.45) is 2.24. The van der Waals surface area contributed by atoms with Crippen molar-refractivity contribution < 1.29 is 13.6 Å². The predicted molar refractivity (Wildman–Crippen MR) is 114 cm³/mol. The summed E-state index contributed by atoms with van der Waals surface area (Å²) in [6, 6.07) is 8.85. The average Bonchev–Trinajstić information content (AvgIpc) is 3.32. The van der Waals surface area contributed by atoms with E-state index in [9.17, 15) is 13.6 Å². The second-order valence-electron chi connectivity index (χ2n) is 7.50. The zero-order chi connectivity index (χ0) is 21.0. The molecule has 0 bridgehead atoms. The predicted octanol–water partition coefficient (Wildman–Crippen LogP) is 5.10. The number of hydrogen-bond acceptors (Lipinski definition) is 2. The van der Waals surface area contributed by atoms with E-state index in [0.29, 0.717) is 23.2 Å². The molecule has 2 aromatic carbocycles. The molecule has 0 radical (unpaired) electrons. The fourth-order valence-corrected chi connectivity index (χ4v) is 3.94. The van der Waals surface area contributed by atoms with Gasteiger partial charge in [0, 0.05) is 40.3 Å². The van der Waals surface area contributed by atoms with Crippen LogP contribution in [0.2, 0.25) is 0 Å². The average molecular weight is 404 g/mol. The molecule has 2 aliphatic rings. The molecule has 3 aromatic rings. The molecule has 0 aliphatic carbocycles. The zero-order valence-corrected chi connectivity index (χ0v) is 16.4. The third-order valence-electron chi connectivity index (χ3n) is 5.44. The van der Waals surface area contributed by atoms with Crippen LogP contribution >= 0.6 is 0 Å². The summed E-state index contributed by atoms with van der Waals surface area (Å²) in [4.78, 5) is 20.4. The smallest absolute Gasteiger partial charge is 0.256 e. The summed E-state index contributed by atoms with van der Waals surface area (Å²) in [5.41, 5.74) is 6.44. The number of aryl methyl sites for hydroxylation is 1. The molecular weight excluding hydrogens is 386 g/mol. The Morgan fingerprint density at radius 1 is 1.00 bits per heavy atom. The second kappa shape index (κ2) is 6.66. The Hall–Kier alpha value is -3.74. The van der Waals surface area contributed by atoms with E-state index in [-0.39, 0.29) is 11.7 Å². The number of nitrogens with one attached hydrogen (secondary N) is 3. The highest BCUT2D eigenvalue weighted by atomic mass is 19.1. The molecule has 2 aliphatic heterocycles. The highest BCUT2D eigenvalue weighted by Crippen LogP contribution is 2.36. The minimum absolute atomic E-state index is 0.272. The van der Waals surface area contributed by atoms with E-state index in [4.69, 9.17) is 4.99 Å². The van der Waals surface area contributed by atoms with E-state index >= 15 is 0 Å². The third-order valence-corrected chi connectivity index (χ3v) is 5.44. The van der Waals surface area contributed by atoms with Crippen LogP contribution in [-0.2, 0) is 11.2 Å². The van der Waals surface area contributed by atoms with Gasteiger partial charge in [-0.3, -0.25) is 4.79 Å². The molecule has 5 rings (SSSR count). The molecule has 0 atom stereocenters. The normalized spacial score (nSPS) is 17.3. The van der Waals surface area contributed by atoms with Gasteiger partial charge in [-0.15, -0.1) is 0 Å². The lowest BCUT2D eigenvalue weighted by molar-refractivity contribution is -0.110. The molecule has 0 saturated carbocycles.